The van der Waals surface area contributed by atoms with Gasteiger partial charge in [-0.05, 0) is 66.0 Å². The van der Waals surface area contributed by atoms with E-state index in [9.17, 15) is 13.2 Å². The fraction of sp³-hybridized carbons (Fsp3) is 0.519. The van der Waals surface area contributed by atoms with Crippen LogP contribution in [0.5, 0.6) is 0 Å². The Bertz CT molecular complexity index is 1080. The van der Waals surface area contributed by atoms with Gasteiger partial charge >= 0.3 is 5.97 Å². The average molecular weight is 457 g/mol. The van der Waals surface area contributed by atoms with Crippen molar-refractivity contribution >= 4 is 15.8 Å². The predicted molar refractivity (Wildman–Crippen MR) is 128 cm³/mol. The number of rotatable bonds is 2. The maximum absolute atomic E-state index is 13.6. The van der Waals surface area contributed by atoms with Crippen LogP contribution in [0.2, 0.25) is 0 Å². The molecule has 0 N–H and O–H groups in total. The van der Waals surface area contributed by atoms with Crippen molar-refractivity contribution in [3.63, 3.8) is 0 Å². The lowest BCUT2D eigenvalue weighted by atomic mass is 9.81. The van der Waals surface area contributed by atoms with Crippen molar-refractivity contribution in [3.8, 4) is 0 Å². The number of fused-ring (bicyclic) bond motifs is 2. The van der Waals surface area contributed by atoms with Crippen molar-refractivity contribution in [2.24, 2.45) is 5.41 Å². The lowest BCUT2D eigenvalue weighted by Gasteiger charge is -2.32. The van der Waals surface area contributed by atoms with Gasteiger partial charge in [0.15, 0.2) is 0 Å². The fourth-order valence-corrected chi connectivity index (χ4v) is 5.66. The van der Waals surface area contributed by atoms with Gasteiger partial charge < -0.3 is 4.74 Å². The van der Waals surface area contributed by atoms with E-state index in [2.05, 4.69) is 41.5 Å². The zero-order valence-corrected chi connectivity index (χ0v) is 21.6. The first-order chi connectivity index (χ1) is 14.4. The quantitative estimate of drug-likeness (QED) is 0.509. The second-order valence-corrected chi connectivity index (χ2v) is 13.8. The first-order valence-electron chi connectivity index (χ1n) is 11.2. The highest BCUT2D eigenvalue weighted by molar-refractivity contribution is 7.91. The molecule has 32 heavy (non-hydrogen) atoms. The van der Waals surface area contributed by atoms with Crippen LogP contribution in [-0.2, 0) is 30.2 Å². The van der Waals surface area contributed by atoms with E-state index in [-0.39, 0.29) is 29.3 Å². The zero-order valence-electron chi connectivity index (χ0n) is 20.8. The fourth-order valence-electron chi connectivity index (χ4n) is 3.91. The summed E-state index contributed by atoms with van der Waals surface area (Å²) in [5.41, 5.74) is 2.60. The summed E-state index contributed by atoms with van der Waals surface area (Å²) in [7, 11) is -3.67. The molecule has 0 unspecified atom stereocenters. The Labute approximate surface area is 193 Å². The molecule has 1 aliphatic rings. The van der Waals surface area contributed by atoms with Crippen molar-refractivity contribution < 1.29 is 17.9 Å². The van der Waals surface area contributed by atoms with Crippen molar-refractivity contribution in [3.05, 3.63) is 58.7 Å². The Hall–Kier alpha value is -2.14. The Morgan fingerprint density at radius 2 is 1.19 bits per heavy atom. The Balaban J connectivity index is 2.24. The molecule has 1 aliphatic heterocycles. The third-order valence-corrected chi connectivity index (χ3v) is 7.98. The van der Waals surface area contributed by atoms with E-state index in [1.165, 1.54) is 0 Å². The number of hydrogen-bond donors (Lipinski definition) is 0. The third-order valence-electron chi connectivity index (χ3n) is 6.07. The lowest BCUT2D eigenvalue weighted by molar-refractivity contribution is -0.153. The summed E-state index contributed by atoms with van der Waals surface area (Å²) in [5, 5.41) is 0. The van der Waals surface area contributed by atoms with E-state index in [0.29, 0.717) is 20.9 Å². The van der Waals surface area contributed by atoms with Crippen molar-refractivity contribution in [2.45, 2.75) is 88.9 Å². The van der Waals surface area contributed by atoms with Gasteiger partial charge in [0, 0.05) is 5.92 Å². The van der Waals surface area contributed by atoms with Crippen LogP contribution in [0.15, 0.2) is 46.2 Å². The summed E-state index contributed by atoms with van der Waals surface area (Å²) < 4.78 is 32.9. The number of sulfone groups is 1. The number of ether oxygens (including phenoxy) is 1. The highest BCUT2D eigenvalue weighted by atomic mass is 32.2. The SMILES string of the molecule is CC(C)(C)C(=O)OCC1c2cc(C(C)(C)C)ccc2S(=O)(=O)c2ccc(C(C)(C)C)cc21. The average Bonchev–Trinajstić information content (AvgIpc) is 2.64. The first kappa shape index (κ1) is 24.5. The summed E-state index contributed by atoms with van der Waals surface area (Å²) >= 11 is 0. The molecule has 0 aromatic heterocycles. The molecule has 0 saturated carbocycles. The van der Waals surface area contributed by atoms with Gasteiger partial charge in [0.05, 0.1) is 15.2 Å². The van der Waals surface area contributed by atoms with Gasteiger partial charge in [-0.1, -0.05) is 65.8 Å². The number of carbonyl (C=O) groups excluding carboxylic acids is 1. The van der Waals surface area contributed by atoms with Crippen LogP contribution < -0.4 is 0 Å². The molecule has 0 bridgehead atoms. The van der Waals surface area contributed by atoms with Crippen molar-refractivity contribution in [1.82, 2.24) is 0 Å². The number of carbonyl (C=O) groups is 1. The van der Waals surface area contributed by atoms with Crippen LogP contribution in [-0.4, -0.2) is 21.0 Å². The Kier molecular flexibility index (Phi) is 5.91. The maximum atomic E-state index is 13.6. The van der Waals surface area contributed by atoms with Crippen LogP contribution in [0.3, 0.4) is 0 Å². The Morgan fingerprint density at radius 1 is 0.781 bits per heavy atom. The predicted octanol–water partition coefficient (Wildman–Crippen LogP) is 6.15. The van der Waals surface area contributed by atoms with Crippen LogP contribution in [0.4, 0.5) is 0 Å². The van der Waals surface area contributed by atoms with Gasteiger partial charge in [-0.2, -0.15) is 0 Å². The second-order valence-electron chi connectivity index (χ2n) is 11.9. The summed E-state index contributed by atoms with van der Waals surface area (Å²) in [6.45, 7) is 18.2. The molecule has 1 heterocycles. The van der Waals surface area contributed by atoms with E-state index in [1.54, 1.807) is 12.1 Å². The van der Waals surface area contributed by atoms with Crippen molar-refractivity contribution in [1.29, 1.82) is 0 Å². The molecule has 0 aliphatic carbocycles. The molecule has 3 rings (SSSR count). The van der Waals surface area contributed by atoms with Gasteiger partial charge in [0.2, 0.25) is 9.84 Å². The second kappa shape index (κ2) is 7.72. The van der Waals surface area contributed by atoms with Gasteiger partial charge in [-0.3, -0.25) is 4.79 Å². The summed E-state index contributed by atoms with van der Waals surface area (Å²) in [5.74, 6) is -0.646. The lowest BCUT2D eigenvalue weighted by Crippen LogP contribution is -2.28. The van der Waals surface area contributed by atoms with E-state index < -0.39 is 15.3 Å². The first-order valence-corrected chi connectivity index (χ1v) is 12.6. The molecule has 0 spiro atoms. The van der Waals surface area contributed by atoms with Crippen LogP contribution >= 0.6 is 0 Å². The number of esters is 1. The smallest absolute Gasteiger partial charge is 0.311 e. The van der Waals surface area contributed by atoms with Crippen LogP contribution in [0.25, 0.3) is 0 Å². The minimum Gasteiger partial charge on any atom is -0.464 e. The van der Waals surface area contributed by atoms with E-state index >= 15 is 0 Å². The molecule has 4 nitrogen and oxygen atoms in total. The molecular formula is C27H36O4S. The van der Waals surface area contributed by atoms with E-state index in [4.69, 9.17) is 4.74 Å². The molecule has 0 atom stereocenters. The minimum atomic E-state index is -3.67. The monoisotopic (exact) mass is 456 g/mol. The van der Waals surface area contributed by atoms with Gasteiger partial charge in [0.25, 0.3) is 0 Å². The van der Waals surface area contributed by atoms with Crippen LogP contribution in [0, 0.1) is 5.41 Å². The van der Waals surface area contributed by atoms with Gasteiger partial charge in [0.1, 0.15) is 6.61 Å². The molecular weight excluding hydrogens is 420 g/mol. The molecule has 2 aromatic carbocycles. The highest BCUT2D eigenvalue weighted by Gasteiger charge is 2.38. The molecule has 174 valence electrons. The molecule has 5 heteroatoms. The summed E-state index contributed by atoms with van der Waals surface area (Å²) in [4.78, 5) is 13.2. The van der Waals surface area contributed by atoms with Gasteiger partial charge in [-0.25, -0.2) is 8.42 Å². The minimum absolute atomic E-state index is 0.104. The molecule has 0 amide bonds. The van der Waals surface area contributed by atoms with Crippen molar-refractivity contribution in [2.75, 3.05) is 6.61 Å². The molecule has 0 saturated heterocycles. The molecule has 0 radical (unpaired) electrons. The third kappa shape index (κ3) is 4.50. The standard InChI is InChI=1S/C27H36O4S/c1-25(2,3)17-10-12-22-19(14-17)21(16-31-24(28)27(7,8)9)20-15-18(26(4,5)6)11-13-23(20)32(22,29)30/h10-15,21H,16H2,1-9H3. The van der Waals surface area contributed by atoms with Gasteiger partial charge in [-0.15, -0.1) is 0 Å². The van der Waals surface area contributed by atoms with Crippen LogP contribution in [0.1, 0.15) is 90.5 Å². The topological polar surface area (TPSA) is 60.4 Å². The maximum Gasteiger partial charge on any atom is 0.311 e. The normalized spacial score (nSPS) is 16.3. The summed E-state index contributed by atoms with van der Waals surface area (Å²) in [6, 6.07) is 11.2. The van der Waals surface area contributed by atoms with E-state index in [0.717, 1.165) is 11.1 Å². The zero-order chi connectivity index (χ0) is 24.3. The number of benzene rings is 2. The largest absolute Gasteiger partial charge is 0.464 e. The molecule has 2 aromatic rings. The highest BCUT2D eigenvalue weighted by Crippen LogP contribution is 2.45. The Morgan fingerprint density at radius 3 is 1.53 bits per heavy atom. The summed E-state index contributed by atoms with van der Waals surface area (Å²) in [6.07, 6.45) is 0. The number of hydrogen-bond acceptors (Lipinski definition) is 4. The van der Waals surface area contributed by atoms with E-state index in [1.807, 2.05) is 45.0 Å². The molecule has 0 fully saturated rings.